The summed E-state index contributed by atoms with van der Waals surface area (Å²) in [7, 11) is 0. The minimum absolute atomic E-state index is 0.177. The van der Waals surface area contributed by atoms with Crippen LogP contribution in [0.1, 0.15) is 52.4 Å². The molecule has 0 saturated carbocycles. The van der Waals surface area contributed by atoms with Gasteiger partial charge in [-0.3, -0.25) is 0 Å². The van der Waals surface area contributed by atoms with Crippen LogP contribution in [-0.4, -0.2) is 45.1 Å². The molecule has 148 valence electrons. The molecule has 0 aromatic heterocycles. The fraction of sp³-hybridized carbons (Fsp3) is 1.00. The summed E-state index contributed by atoms with van der Waals surface area (Å²) < 4.78 is 19.6. The summed E-state index contributed by atoms with van der Waals surface area (Å²) in [6, 6.07) is 0. The van der Waals surface area contributed by atoms with E-state index in [0.29, 0.717) is 11.8 Å². The molecule has 0 amide bonds. The zero-order chi connectivity index (χ0) is 18.5. The van der Waals surface area contributed by atoms with Crippen LogP contribution in [0.5, 0.6) is 0 Å². The van der Waals surface area contributed by atoms with Crippen molar-refractivity contribution in [2.24, 2.45) is 11.8 Å². The SMILES string of the molecule is CC(CBr)CC1(OC2(CC(C)CBr)OCCCC2Br)OCCCC1Br. The van der Waals surface area contributed by atoms with Crippen LogP contribution in [0.3, 0.4) is 0 Å². The highest BCUT2D eigenvalue weighted by molar-refractivity contribution is 9.10. The lowest BCUT2D eigenvalue weighted by Crippen LogP contribution is -2.60. The van der Waals surface area contributed by atoms with Gasteiger partial charge in [-0.15, -0.1) is 0 Å². The second-order valence-electron chi connectivity index (χ2n) is 7.57. The molecule has 6 unspecified atom stereocenters. The molecule has 7 heteroatoms. The molecule has 2 aliphatic rings. The van der Waals surface area contributed by atoms with Crippen LogP contribution < -0.4 is 0 Å². The number of ether oxygens (including phenoxy) is 3. The lowest BCUT2D eigenvalue weighted by atomic mass is 9.91. The highest BCUT2D eigenvalue weighted by Crippen LogP contribution is 2.46. The van der Waals surface area contributed by atoms with E-state index < -0.39 is 11.6 Å². The maximum Gasteiger partial charge on any atom is 0.184 e. The molecule has 0 aliphatic carbocycles. The first kappa shape index (κ1) is 23.1. The van der Waals surface area contributed by atoms with Crippen LogP contribution in [-0.2, 0) is 14.2 Å². The molecule has 3 nitrogen and oxygen atoms in total. The third kappa shape index (κ3) is 5.89. The van der Waals surface area contributed by atoms with Gasteiger partial charge in [-0.2, -0.15) is 0 Å². The second kappa shape index (κ2) is 10.5. The molecular formula is C18H30Br4O3. The van der Waals surface area contributed by atoms with Crippen LogP contribution in [0.4, 0.5) is 0 Å². The van der Waals surface area contributed by atoms with Crippen LogP contribution in [0.25, 0.3) is 0 Å². The van der Waals surface area contributed by atoms with Gasteiger partial charge in [0, 0.05) is 23.5 Å². The highest BCUT2D eigenvalue weighted by atomic mass is 79.9. The first-order valence-corrected chi connectivity index (χ1v) is 13.3. The molecule has 2 saturated heterocycles. The minimum atomic E-state index is -0.638. The molecule has 0 spiro atoms. The summed E-state index contributed by atoms with van der Waals surface area (Å²) in [6.45, 7) is 5.96. The Balaban J connectivity index is 2.30. The van der Waals surface area contributed by atoms with E-state index in [1.54, 1.807) is 0 Å². The Bertz CT molecular complexity index is 378. The number of hydrogen-bond donors (Lipinski definition) is 0. The fourth-order valence-electron chi connectivity index (χ4n) is 3.65. The zero-order valence-corrected chi connectivity index (χ0v) is 21.5. The maximum absolute atomic E-state index is 6.90. The molecule has 2 aliphatic heterocycles. The van der Waals surface area contributed by atoms with E-state index in [-0.39, 0.29) is 9.65 Å². The Labute approximate surface area is 186 Å². The van der Waals surface area contributed by atoms with E-state index in [9.17, 15) is 0 Å². The summed E-state index contributed by atoms with van der Waals surface area (Å²) in [5.41, 5.74) is 0. The van der Waals surface area contributed by atoms with Gasteiger partial charge in [-0.25, -0.2) is 0 Å². The van der Waals surface area contributed by atoms with Crippen molar-refractivity contribution in [3.63, 3.8) is 0 Å². The standard InChI is InChI=1S/C18H30Br4O3/c1-13(11-19)9-17(15(21)5-3-7-23-17)25-18(10-14(2)12-20)16(22)6-4-8-24-18/h13-16H,3-12H2,1-2H3. The van der Waals surface area contributed by atoms with Crippen LogP contribution >= 0.6 is 63.7 Å². The first-order chi connectivity index (χ1) is 11.9. The van der Waals surface area contributed by atoms with Crippen molar-refractivity contribution < 1.29 is 14.2 Å². The van der Waals surface area contributed by atoms with Crippen LogP contribution in [0, 0.1) is 11.8 Å². The van der Waals surface area contributed by atoms with Crippen molar-refractivity contribution in [2.45, 2.75) is 73.6 Å². The largest absolute Gasteiger partial charge is 0.349 e. The first-order valence-electron chi connectivity index (χ1n) is 9.25. The molecule has 0 N–H and O–H groups in total. The van der Waals surface area contributed by atoms with E-state index in [2.05, 4.69) is 77.6 Å². The van der Waals surface area contributed by atoms with Crippen molar-refractivity contribution >= 4 is 63.7 Å². The quantitative estimate of drug-likeness (QED) is 0.297. The summed E-state index contributed by atoms with van der Waals surface area (Å²) in [4.78, 5) is 0.355. The van der Waals surface area contributed by atoms with E-state index in [0.717, 1.165) is 62.4 Å². The topological polar surface area (TPSA) is 27.7 Å². The Kier molecular flexibility index (Phi) is 9.73. The van der Waals surface area contributed by atoms with Crippen molar-refractivity contribution in [1.29, 1.82) is 0 Å². The monoisotopic (exact) mass is 610 g/mol. The van der Waals surface area contributed by atoms with E-state index in [1.165, 1.54) is 0 Å². The van der Waals surface area contributed by atoms with Crippen molar-refractivity contribution in [3.8, 4) is 0 Å². The highest BCUT2D eigenvalue weighted by Gasteiger charge is 2.53. The van der Waals surface area contributed by atoms with Gasteiger partial charge in [0.15, 0.2) is 11.6 Å². The summed E-state index contributed by atoms with van der Waals surface area (Å²) >= 11 is 15.0. The van der Waals surface area contributed by atoms with Gasteiger partial charge >= 0.3 is 0 Å². The Morgan fingerprint density at radius 1 is 0.880 bits per heavy atom. The second-order valence-corrected chi connectivity index (χ2v) is 11.1. The molecule has 0 radical (unpaired) electrons. The van der Waals surface area contributed by atoms with Gasteiger partial charge < -0.3 is 14.2 Å². The van der Waals surface area contributed by atoms with E-state index >= 15 is 0 Å². The van der Waals surface area contributed by atoms with Gasteiger partial charge in [0.05, 0.1) is 22.9 Å². The van der Waals surface area contributed by atoms with Gasteiger partial charge in [-0.1, -0.05) is 77.6 Å². The van der Waals surface area contributed by atoms with Crippen molar-refractivity contribution in [1.82, 2.24) is 0 Å². The Hall–Kier alpha value is 1.80. The molecular weight excluding hydrogens is 584 g/mol. The number of rotatable bonds is 8. The Morgan fingerprint density at radius 3 is 1.60 bits per heavy atom. The minimum Gasteiger partial charge on any atom is -0.349 e. The predicted octanol–water partition coefficient (Wildman–Crippen LogP) is 6.39. The molecule has 25 heavy (non-hydrogen) atoms. The van der Waals surface area contributed by atoms with Gasteiger partial charge in [0.2, 0.25) is 0 Å². The third-order valence-electron chi connectivity index (χ3n) is 4.99. The lowest BCUT2D eigenvalue weighted by molar-refractivity contribution is -0.378. The lowest BCUT2D eigenvalue weighted by Gasteiger charge is -2.51. The smallest absolute Gasteiger partial charge is 0.184 e. The fourth-order valence-corrected chi connectivity index (χ4v) is 5.58. The zero-order valence-electron chi connectivity index (χ0n) is 15.1. The summed E-state index contributed by atoms with van der Waals surface area (Å²) in [5.74, 6) is -0.357. The molecule has 0 bridgehead atoms. The number of hydrogen-bond acceptors (Lipinski definition) is 3. The third-order valence-corrected chi connectivity index (χ3v) is 9.51. The molecule has 2 heterocycles. The molecule has 6 atom stereocenters. The average molecular weight is 614 g/mol. The van der Waals surface area contributed by atoms with Crippen LogP contribution in [0.2, 0.25) is 0 Å². The van der Waals surface area contributed by atoms with Gasteiger partial charge in [-0.05, 0) is 37.5 Å². The summed E-state index contributed by atoms with van der Waals surface area (Å²) in [5, 5.41) is 1.87. The van der Waals surface area contributed by atoms with E-state index in [1.807, 2.05) is 0 Å². The molecule has 2 rings (SSSR count). The maximum atomic E-state index is 6.90. The van der Waals surface area contributed by atoms with Gasteiger partial charge in [0.25, 0.3) is 0 Å². The molecule has 0 aromatic carbocycles. The van der Waals surface area contributed by atoms with Crippen molar-refractivity contribution in [2.75, 3.05) is 23.9 Å². The van der Waals surface area contributed by atoms with E-state index in [4.69, 9.17) is 14.2 Å². The predicted molar refractivity (Wildman–Crippen MR) is 117 cm³/mol. The average Bonchev–Trinajstić information content (AvgIpc) is 2.60. The van der Waals surface area contributed by atoms with Crippen molar-refractivity contribution in [3.05, 3.63) is 0 Å². The normalized spacial score (nSPS) is 39.1. The number of halogens is 4. The number of alkyl halides is 4. The molecule has 0 aromatic rings. The summed E-state index contributed by atoms with van der Waals surface area (Å²) in [6.07, 6.45) is 5.95. The van der Waals surface area contributed by atoms with Crippen LogP contribution in [0.15, 0.2) is 0 Å². The van der Waals surface area contributed by atoms with Gasteiger partial charge in [0.1, 0.15) is 0 Å². The molecule has 2 fully saturated rings. The Morgan fingerprint density at radius 2 is 1.28 bits per heavy atom.